The summed E-state index contributed by atoms with van der Waals surface area (Å²) in [5, 5.41) is 6.00. The zero-order valence-electron chi connectivity index (χ0n) is 15.5. The summed E-state index contributed by atoms with van der Waals surface area (Å²) in [6, 6.07) is 22.1. The van der Waals surface area contributed by atoms with Crippen LogP contribution in [0.1, 0.15) is 15.9 Å². The van der Waals surface area contributed by atoms with Crippen LogP contribution >= 0.6 is 0 Å². The van der Waals surface area contributed by atoms with Gasteiger partial charge in [0.1, 0.15) is 0 Å². The second kappa shape index (κ2) is 7.12. The molecule has 0 N–H and O–H groups in total. The Hall–Kier alpha value is -3.73. The minimum absolute atomic E-state index is 0.242. The quantitative estimate of drug-likeness (QED) is 0.508. The van der Waals surface area contributed by atoms with Gasteiger partial charge in [-0.05, 0) is 31.2 Å². The van der Waals surface area contributed by atoms with Crippen molar-refractivity contribution in [3.8, 4) is 16.9 Å². The van der Waals surface area contributed by atoms with Crippen LogP contribution in [0.25, 0.3) is 27.7 Å². The number of ether oxygens (including phenoxy) is 1. The highest BCUT2D eigenvalue weighted by Gasteiger charge is 2.14. The van der Waals surface area contributed by atoms with Crippen LogP contribution in [-0.2, 0) is 4.74 Å². The molecule has 138 valence electrons. The van der Waals surface area contributed by atoms with Gasteiger partial charge in [-0.15, -0.1) is 0 Å². The fourth-order valence-corrected chi connectivity index (χ4v) is 3.17. The molecular weight excluding hydrogens is 352 g/mol. The zero-order chi connectivity index (χ0) is 19.7. The molecular formula is C23H18N2O3. The van der Waals surface area contributed by atoms with Crippen LogP contribution in [0.3, 0.4) is 0 Å². The highest BCUT2D eigenvalue weighted by Crippen LogP contribution is 2.25. The number of hydrogen-bond donors (Lipinski definition) is 0. The number of nitrogens with zero attached hydrogens (tertiary/aromatic N) is 2. The standard InChI is InChI=1S/C23H18N2O3/c1-15-10-12-16(13-11-15)21-19-8-3-4-9-20(19)22(26)25(24-21)18-7-5-6-17(14-18)23(27)28-2/h3-14H,1-2H3. The number of rotatable bonds is 3. The van der Waals surface area contributed by atoms with Crippen molar-refractivity contribution in [2.75, 3.05) is 7.11 Å². The molecule has 28 heavy (non-hydrogen) atoms. The van der Waals surface area contributed by atoms with E-state index >= 15 is 0 Å². The van der Waals surface area contributed by atoms with Crippen LogP contribution in [0.4, 0.5) is 0 Å². The van der Waals surface area contributed by atoms with E-state index in [1.165, 1.54) is 11.8 Å². The lowest BCUT2D eigenvalue weighted by atomic mass is 10.0. The van der Waals surface area contributed by atoms with E-state index in [1.54, 1.807) is 30.3 Å². The molecule has 0 atom stereocenters. The lowest BCUT2D eigenvalue weighted by Gasteiger charge is -2.12. The van der Waals surface area contributed by atoms with Crippen molar-refractivity contribution >= 4 is 16.7 Å². The highest BCUT2D eigenvalue weighted by atomic mass is 16.5. The number of methoxy groups -OCH3 is 1. The Bertz CT molecular complexity index is 1240. The summed E-state index contributed by atoms with van der Waals surface area (Å²) in [5.74, 6) is -0.463. The third kappa shape index (κ3) is 3.07. The molecule has 3 aromatic carbocycles. The first-order chi connectivity index (χ1) is 13.6. The summed E-state index contributed by atoms with van der Waals surface area (Å²) < 4.78 is 6.12. The zero-order valence-corrected chi connectivity index (χ0v) is 15.5. The number of benzene rings is 3. The third-order valence-electron chi connectivity index (χ3n) is 4.64. The van der Waals surface area contributed by atoms with E-state index in [0.29, 0.717) is 22.3 Å². The summed E-state index contributed by atoms with van der Waals surface area (Å²) in [6.07, 6.45) is 0. The topological polar surface area (TPSA) is 61.2 Å². The smallest absolute Gasteiger partial charge is 0.337 e. The molecule has 0 aliphatic rings. The van der Waals surface area contributed by atoms with Gasteiger partial charge in [-0.3, -0.25) is 4.79 Å². The van der Waals surface area contributed by atoms with Crippen LogP contribution in [0.15, 0.2) is 77.6 Å². The van der Waals surface area contributed by atoms with E-state index in [1.807, 2.05) is 49.4 Å². The molecule has 4 rings (SSSR count). The van der Waals surface area contributed by atoms with Crippen LogP contribution in [0.2, 0.25) is 0 Å². The second-order valence-corrected chi connectivity index (χ2v) is 6.52. The number of fused-ring (bicyclic) bond motifs is 1. The minimum atomic E-state index is -0.463. The van der Waals surface area contributed by atoms with Gasteiger partial charge in [-0.1, -0.05) is 54.1 Å². The summed E-state index contributed by atoms with van der Waals surface area (Å²) in [4.78, 5) is 25.0. The summed E-state index contributed by atoms with van der Waals surface area (Å²) in [5.41, 5.74) is 3.39. The maximum Gasteiger partial charge on any atom is 0.337 e. The number of hydrogen-bond acceptors (Lipinski definition) is 4. The molecule has 0 bridgehead atoms. The van der Waals surface area contributed by atoms with Crippen molar-refractivity contribution in [3.05, 3.63) is 94.3 Å². The van der Waals surface area contributed by atoms with Crippen molar-refractivity contribution < 1.29 is 9.53 Å². The number of aromatic nitrogens is 2. The van der Waals surface area contributed by atoms with E-state index < -0.39 is 5.97 Å². The first kappa shape index (κ1) is 17.7. The minimum Gasteiger partial charge on any atom is -0.465 e. The van der Waals surface area contributed by atoms with Crippen LogP contribution in [0.5, 0.6) is 0 Å². The Kier molecular flexibility index (Phi) is 4.49. The van der Waals surface area contributed by atoms with Crippen LogP contribution in [0, 0.1) is 6.92 Å². The molecule has 1 heterocycles. The van der Waals surface area contributed by atoms with Crippen LogP contribution < -0.4 is 5.56 Å². The normalized spacial score (nSPS) is 10.8. The number of esters is 1. The fraction of sp³-hybridized carbons (Fsp3) is 0.0870. The molecule has 0 amide bonds. The highest BCUT2D eigenvalue weighted by molar-refractivity contribution is 5.94. The maximum absolute atomic E-state index is 13.1. The van der Waals surface area contributed by atoms with Gasteiger partial charge in [0, 0.05) is 10.9 Å². The Balaban J connectivity index is 2.00. The van der Waals surface area contributed by atoms with Gasteiger partial charge < -0.3 is 4.74 Å². The predicted octanol–water partition coefficient (Wildman–Crippen LogP) is 4.15. The first-order valence-electron chi connectivity index (χ1n) is 8.86. The van der Waals surface area contributed by atoms with Crippen molar-refractivity contribution in [2.45, 2.75) is 6.92 Å². The molecule has 0 unspecified atom stereocenters. The number of carbonyl (C=O) groups is 1. The fourth-order valence-electron chi connectivity index (χ4n) is 3.17. The molecule has 4 aromatic rings. The molecule has 0 aliphatic heterocycles. The molecule has 0 spiro atoms. The molecule has 0 aliphatic carbocycles. The molecule has 0 fully saturated rings. The Labute approximate surface area is 161 Å². The Morgan fingerprint density at radius 3 is 2.36 bits per heavy atom. The van der Waals surface area contributed by atoms with Crippen molar-refractivity contribution in [3.63, 3.8) is 0 Å². The largest absolute Gasteiger partial charge is 0.465 e. The van der Waals surface area contributed by atoms with Gasteiger partial charge in [0.05, 0.1) is 29.4 Å². The van der Waals surface area contributed by atoms with Gasteiger partial charge in [-0.25, -0.2) is 4.79 Å². The van der Waals surface area contributed by atoms with E-state index in [4.69, 9.17) is 4.74 Å². The van der Waals surface area contributed by atoms with Crippen molar-refractivity contribution in [2.24, 2.45) is 0 Å². The van der Waals surface area contributed by atoms with Crippen LogP contribution in [-0.4, -0.2) is 22.9 Å². The van der Waals surface area contributed by atoms with Crippen molar-refractivity contribution in [1.29, 1.82) is 0 Å². The average molecular weight is 370 g/mol. The summed E-state index contributed by atoms with van der Waals surface area (Å²) >= 11 is 0. The lowest BCUT2D eigenvalue weighted by molar-refractivity contribution is 0.0600. The third-order valence-corrected chi connectivity index (χ3v) is 4.64. The van der Waals surface area contributed by atoms with Gasteiger partial charge in [-0.2, -0.15) is 9.78 Å². The lowest BCUT2D eigenvalue weighted by Crippen LogP contribution is -2.22. The monoisotopic (exact) mass is 370 g/mol. The van der Waals surface area contributed by atoms with Gasteiger partial charge in [0.15, 0.2) is 0 Å². The number of aryl methyl sites for hydroxylation is 1. The molecule has 5 heteroatoms. The molecule has 0 saturated carbocycles. The van der Waals surface area contributed by atoms with Gasteiger partial charge in [0.2, 0.25) is 0 Å². The second-order valence-electron chi connectivity index (χ2n) is 6.52. The Morgan fingerprint density at radius 1 is 0.929 bits per heavy atom. The van der Waals surface area contributed by atoms with Gasteiger partial charge in [0.25, 0.3) is 5.56 Å². The molecule has 0 saturated heterocycles. The number of carbonyl (C=O) groups excluding carboxylic acids is 1. The van der Waals surface area contributed by atoms with E-state index in [2.05, 4.69) is 5.10 Å². The van der Waals surface area contributed by atoms with E-state index in [9.17, 15) is 9.59 Å². The van der Waals surface area contributed by atoms with Gasteiger partial charge >= 0.3 is 5.97 Å². The Morgan fingerprint density at radius 2 is 1.64 bits per heavy atom. The molecule has 0 radical (unpaired) electrons. The average Bonchev–Trinajstić information content (AvgIpc) is 2.74. The first-order valence-corrected chi connectivity index (χ1v) is 8.86. The molecule has 1 aromatic heterocycles. The predicted molar refractivity (Wildman–Crippen MR) is 109 cm³/mol. The van der Waals surface area contributed by atoms with E-state index in [0.717, 1.165) is 16.5 Å². The summed E-state index contributed by atoms with van der Waals surface area (Å²) in [6.45, 7) is 2.02. The van der Waals surface area contributed by atoms with E-state index in [-0.39, 0.29) is 5.56 Å². The summed E-state index contributed by atoms with van der Waals surface area (Å²) in [7, 11) is 1.32. The van der Waals surface area contributed by atoms with Crippen molar-refractivity contribution in [1.82, 2.24) is 9.78 Å². The molecule has 5 nitrogen and oxygen atoms in total. The maximum atomic E-state index is 13.1. The SMILES string of the molecule is COC(=O)c1cccc(-n2nc(-c3ccc(C)cc3)c3ccccc3c2=O)c1.